The van der Waals surface area contributed by atoms with Crippen LogP contribution >= 0.6 is 11.3 Å². The van der Waals surface area contributed by atoms with E-state index in [1.807, 2.05) is 25.1 Å². The van der Waals surface area contributed by atoms with Crippen LogP contribution in [0.3, 0.4) is 0 Å². The summed E-state index contributed by atoms with van der Waals surface area (Å²) < 4.78 is 31.7. The molecule has 0 aliphatic heterocycles. The van der Waals surface area contributed by atoms with E-state index in [2.05, 4.69) is 10.3 Å². The van der Waals surface area contributed by atoms with E-state index in [0.717, 1.165) is 15.8 Å². The van der Waals surface area contributed by atoms with Crippen LogP contribution in [-0.2, 0) is 16.6 Å². The van der Waals surface area contributed by atoms with Crippen molar-refractivity contribution < 1.29 is 8.42 Å². The molecule has 116 valence electrons. The molecule has 0 atom stereocenters. The molecule has 0 N–H and O–H groups in total. The van der Waals surface area contributed by atoms with Crippen molar-refractivity contribution in [1.29, 1.82) is 0 Å². The summed E-state index contributed by atoms with van der Waals surface area (Å²) >= 11 is 1.32. The Bertz CT molecular complexity index is 1070. The van der Waals surface area contributed by atoms with Gasteiger partial charge in [-0.15, -0.1) is 10.8 Å². The highest BCUT2D eigenvalue weighted by molar-refractivity contribution is 7.90. The third-order valence-corrected chi connectivity index (χ3v) is 5.76. The van der Waals surface area contributed by atoms with E-state index in [9.17, 15) is 8.42 Å². The van der Waals surface area contributed by atoms with Crippen LogP contribution in [0.25, 0.3) is 10.2 Å². The molecule has 0 amide bonds. The summed E-state index contributed by atoms with van der Waals surface area (Å²) in [5, 5.41) is 0. The molecule has 3 aromatic rings. The summed E-state index contributed by atoms with van der Waals surface area (Å²) in [5.74, 6) is 2.56. The number of rotatable bonds is 3. The van der Waals surface area contributed by atoms with Gasteiger partial charge in [-0.2, -0.15) is 8.42 Å². The number of thiazole rings is 1. The summed E-state index contributed by atoms with van der Waals surface area (Å²) in [5.41, 5.74) is 1.99. The molecule has 1 heterocycles. The molecule has 0 spiro atoms. The van der Waals surface area contributed by atoms with Gasteiger partial charge < -0.3 is 4.57 Å². The molecule has 0 radical (unpaired) electrons. The van der Waals surface area contributed by atoms with Crippen molar-refractivity contribution in [3.05, 3.63) is 58.9 Å². The number of sulfonamides is 1. The van der Waals surface area contributed by atoms with Gasteiger partial charge in [0.1, 0.15) is 0 Å². The smallest absolute Gasteiger partial charge is 0.285 e. The van der Waals surface area contributed by atoms with Gasteiger partial charge in [0.15, 0.2) is 0 Å². The second-order valence-corrected chi connectivity index (χ2v) is 7.64. The minimum Gasteiger partial charge on any atom is -0.304 e. The molecular weight excluding hydrogens is 328 g/mol. The summed E-state index contributed by atoms with van der Waals surface area (Å²) in [6.07, 6.45) is 5.43. The molecule has 1 aromatic heterocycles. The molecule has 0 aliphatic carbocycles. The zero-order chi connectivity index (χ0) is 16.4. The van der Waals surface area contributed by atoms with Crippen LogP contribution in [0, 0.1) is 19.3 Å². The topological polar surface area (TPSA) is 51.4 Å². The molecule has 23 heavy (non-hydrogen) atoms. The van der Waals surface area contributed by atoms with E-state index in [1.54, 1.807) is 22.8 Å². The Morgan fingerprint density at radius 1 is 1.22 bits per heavy atom. The number of aromatic nitrogens is 1. The number of fused-ring (bicyclic) bond motifs is 1. The minimum atomic E-state index is -3.77. The van der Waals surface area contributed by atoms with Gasteiger partial charge in [0, 0.05) is 0 Å². The van der Waals surface area contributed by atoms with Crippen LogP contribution in [0.5, 0.6) is 0 Å². The molecule has 0 saturated carbocycles. The second kappa shape index (κ2) is 6.03. The van der Waals surface area contributed by atoms with Gasteiger partial charge in [-0.05, 0) is 36.8 Å². The van der Waals surface area contributed by atoms with Crippen molar-refractivity contribution in [2.24, 2.45) is 4.40 Å². The molecule has 0 bridgehead atoms. The lowest BCUT2D eigenvalue weighted by Gasteiger charge is -2.01. The third-order valence-electron chi connectivity index (χ3n) is 3.33. The first-order valence-electron chi connectivity index (χ1n) is 6.91. The SMILES string of the molecule is C#CCn1c(=NS(=O)(=O)c2ccccc2)sc2cc(C)ccc21. The van der Waals surface area contributed by atoms with Crippen LogP contribution in [0.2, 0.25) is 0 Å². The van der Waals surface area contributed by atoms with E-state index in [0.29, 0.717) is 4.80 Å². The molecule has 2 aromatic carbocycles. The van der Waals surface area contributed by atoms with Crippen LogP contribution in [0.15, 0.2) is 57.8 Å². The highest BCUT2D eigenvalue weighted by Gasteiger charge is 2.14. The number of hydrogen-bond donors (Lipinski definition) is 0. The largest absolute Gasteiger partial charge is 0.304 e. The Labute approximate surface area is 138 Å². The Kier molecular flexibility index (Phi) is 4.07. The predicted octanol–water partition coefficient (Wildman–Crippen LogP) is 2.93. The maximum Gasteiger partial charge on any atom is 0.285 e. The minimum absolute atomic E-state index is 0.167. The zero-order valence-corrected chi connectivity index (χ0v) is 14.1. The van der Waals surface area contributed by atoms with Crippen LogP contribution < -0.4 is 4.80 Å². The van der Waals surface area contributed by atoms with Gasteiger partial charge in [0.05, 0.1) is 21.7 Å². The Morgan fingerprint density at radius 2 is 1.96 bits per heavy atom. The normalized spacial score (nSPS) is 12.4. The van der Waals surface area contributed by atoms with Crippen LogP contribution in [-0.4, -0.2) is 13.0 Å². The highest BCUT2D eigenvalue weighted by atomic mass is 32.2. The first-order chi connectivity index (χ1) is 11.0. The predicted molar refractivity (Wildman–Crippen MR) is 92.6 cm³/mol. The molecule has 3 rings (SSSR count). The lowest BCUT2D eigenvalue weighted by molar-refractivity contribution is 0.596. The van der Waals surface area contributed by atoms with Gasteiger partial charge in [-0.25, -0.2) is 0 Å². The third kappa shape index (κ3) is 3.07. The monoisotopic (exact) mass is 342 g/mol. The molecular formula is C17H14N2O2S2. The fourth-order valence-corrected chi connectivity index (χ4v) is 4.59. The quantitative estimate of drug-likeness (QED) is 0.687. The first kappa shape index (κ1) is 15.5. The Morgan fingerprint density at radius 3 is 2.65 bits per heavy atom. The standard InChI is InChI=1S/C17H14N2O2S2/c1-3-11-19-15-10-9-13(2)12-16(15)22-17(19)18-23(20,21)14-7-5-4-6-8-14/h1,4-10,12H,11H2,2H3. The summed E-state index contributed by atoms with van der Waals surface area (Å²) in [6.45, 7) is 2.26. The van der Waals surface area contributed by atoms with E-state index >= 15 is 0 Å². The number of benzene rings is 2. The molecule has 0 saturated heterocycles. The van der Waals surface area contributed by atoms with E-state index < -0.39 is 10.0 Å². The number of nitrogens with zero attached hydrogens (tertiary/aromatic N) is 2. The number of hydrogen-bond acceptors (Lipinski definition) is 3. The van der Waals surface area contributed by atoms with E-state index in [4.69, 9.17) is 6.42 Å². The first-order valence-corrected chi connectivity index (χ1v) is 9.16. The van der Waals surface area contributed by atoms with Crippen molar-refractivity contribution in [2.45, 2.75) is 18.4 Å². The van der Waals surface area contributed by atoms with Crippen molar-refractivity contribution in [3.63, 3.8) is 0 Å². The van der Waals surface area contributed by atoms with Crippen molar-refractivity contribution in [3.8, 4) is 12.3 Å². The molecule has 0 fully saturated rings. The highest BCUT2D eigenvalue weighted by Crippen LogP contribution is 2.20. The lowest BCUT2D eigenvalue weighted by Crippen LogP contribution is -2.16. The average Bonchev–Trinajstić information content (AvgIpc) is 2.84. The number of terminal acetylenes is 1. The Hall–Kier alpha value is -2.36. The van der Waals surface area contributed by atoms with Gasteiger partial charge in [-0.3, -0.25) is 0 Å². The lowest BCUT2D eigenvalue weighted by atomic mass is 10.2. The summed E-state index contributed by atoms with van der Waals surface area (Å²) in [4.78, 5) is 0.549. The van der Waals surface area contributed by atoms with Gasteiger partial charge in [0.2, 0.25) is 4.80 Å². The molecule has 0 aliphatic rings. The maximum absolute atomic E-state index is 12.5. The fraction of sp³-hybridized carbons (Fsp3) is 0.118. The Balaban J connectivity index is 2.27. The summed E-state index contributed by atoms with van der Waals surface area (Å²) in [7, 11) is -3.77. The average molecular weight is 342 g/mol. The molecule has 0 unspecified atom stereocenters. The van der Waals surface area contributed by atoms with Crippen LogP contribution in [0.4, 0.5) is 0 Å². The van der Waals surface area contributed by atoms with Gasteiger partial charge >= 0.3 is 0 Å². The molecule has 4 nitrogen and oxygen atoms in total. The fourth-order valence-electron chi connectivity index (χ4n) is 2.24. The van der Waals surface area contributed by atoms with E-state index in [-0.39, 0.29) is 11.4 Å². The molecule has 6 heteroatoms. The number of aryl methyl sites for hydroxylation is 1. The summed E-state index contributed by atoms with van der Waals surface area (Å²) in [6, 6.07) is 14.1. The van der Waals surface area contributed by atoms with Crippen LogP contribution in [0.1, 0.15) is 5.56 Å². The second-order valence-electron chi connectivity index (χ2n) is 5.03. The van der Waals surface area contributed by atoms with E-state index in [1.165, 1.54) is 23.5 Å². The zero-order valence-electron chi connectivity index (χ0n) is 12.4. The maximum atomic E-state index is 12.5. The van der Waals surface area contributed by atoms with Gasteiger partial charge in [-0.1, -0.05) is 41.5 Å². The van der Waals surface area contributed by atoms with Crippen molar-refractivity contribution in [1.82, 2.24) is 4.57 Å². The van der Waals surface area contributed by atoms with Gasteiger partial charge in [0.25, 0.3) is 10.0 Å². The van der Waals surface area contributed by atoms with Crippen molar-refractivity contribution >= 4 is 31.6 Å². The van der Waals surface area contributed by atoms with Crippen molar-refractivity contribution in [2.75, 3.05) is 0 Å².